The SMILES string of the molecule is CN1CCN([C@H](CNC(=O)c2ccccc2Cl)c2ccc(N(C)C)cc2)CC1. The molecule has 1 fully saturated rings. The normalized spacial score (nSPS) is 16.6. The minimum atomic E-state index is -0.130. The lowest BCUT2D eigenvalue weighted by Crippen LogP contribution is -2.48. The second-order valence-corrected chi connectivity index (χ2v) is 7.94. The van der Waals surface area contributed by atoms with E-state index in [0.717, 1.165) is 26.2 Å². The number of carbonyl (C=O) groups is 1. The molecule has 1 atom stereocenters. The minimum absolute atomic E-state index is 0.130. The van der Waals surface area contributed by atoms with Crippen molar-refractivity contribution in [2.24, 2.45) is 0 Å². The standard InChI is InChI=1S/C22H29ClN4O/c1-25(2)18-10-8-17(9-11-18)21(27-14-12-26(3)13-15-27)16-24-22(28)19-6-4-5-7-20(19)23/h4-11,21H,12-16H2,1-3H3,(H,24,28)/t21-/m1/s1. The number of halogens is 1. The van der Waals surface area contributed by atoms with Crippen LogP contribution in [0, 0.1) is 0 Å². The number of anilines is 1. The minimum Gasteiger partial charge on any atom is -0.378 e. The molecule has 0 aromatic heterocycles. The fourth-order valence-electron chi connectivity index (χ4n) is 3.52. The highest BCUT2D eigenvalue weighted by atomic mass is 35.5. The molecule has 1 aliphatic heterocycles. The van der Waals surface area contributed by atoms with Gasteiger partial charge in [-0.3, -0.25) is 9.69 Å². The molecule has 3 rings (SSSR count). The monoisotopic (exact) mass is 400 g/mol. The Morgan fingerprint density at radius 1 is 1.07 bits per heavy atom. The fourth-order valence-corrected chi connectivity index (χ4v) is 3.74. The molecule has 0 aliphatic carbocycles. The van der Waals surface area contributed by atoms with Crippen LogP contribution in [0.5, 0.6) is 0 Å². The molecule has 5 nitrogen and oxygen atoms in total. The smallest absolute Gasteiger partial charge is 0.252 e. The first-order valence-electron chi connectivity index (χ1n) is 9.68. The maximum absolute atomic E-state index is 12.7. The first-order valence-corrected chi connectivity index (χ1v) is 10.1. The summed E-state index contributed by atoms with van der Waals surface area (Å²) in [4.78, 5) is 19.5. The van der Waals surface area contributed by atoms with Crippen molar-refractivity contribution in [2.45, 2.75) is 6.04 Å². The van der Waals surface area contributed by atoms with Crippen molar-refractivity contribution in [3.05, 3.63) is 64.7 Å². The lowest BCUT2D eigenvalue weighted by Gasteiger charge is -2.38. The summed E-state index contributed by atoms with van der Waals surface area (Å²) in [5.74, 6) is -0.130. The number of piperazine rings is 1. The molecule has 1 amide bonds. The number of rotatable bonds is 6. The van der Waals surface area contributed by atoms with Gasteiger partial charge in [-0.2, -0.15) is 0 Å². The third kappa shape index (κ3) is 5.04. The van der Waals surface area contributed by atoms with Gasteiger partial charge < -0.3 is 15.1 Å². The van der Waals surface area contributed by atoms with Gasteiger partial charge in [-0.25, -0.2) is 0 Å². The van der Waals surface area contributed by atoms with Gasteiger partial charge in [0.25, 0.3) is 5.91 Å². The first-order chi connectivity index (χ1) is 13.5. The quantitative estimate of drug-likeness (QED) is 0.808. The number of carbonyl (C=O) groups excluding carboxylic acids is 1. The molecule has 0 radical (unpaired) electrons. The van der Waals surface area contributed by atoms with Gasteiger partial charge in [-0.15, -0.1) is 0 Å². The number of hydrogen-bond donors (Lipinski definition) is 1. The third-order valence-electron chi connectivity index (χ3n) is 5.35. The zero-order valence-electron chi connectivity index (χ0n) is 16.9. The Hall–Kier alpha value is -2.08. The summed E-state index contributed by atoms with van der Waals surface area (Å²) >= 11 is 6.18. The van der Waals surface area contributed by atoms with Gasteiger partial charge in [0.15, 0.2) is 0 Å². The second kappa shape index (κ2) is 9.41. The van der Waals surface area contributed by atoms with E-state index in [9.17, 15) is 4.79 Å². The van der Waals surface area contributed by atoms with Crippen LogP contribution < -0.4 is 10.2 Å². The molecule has 28 heavy (non-hydrogen) atoms. The molecule has 6 heteroatoms. The Kier molecular flexibility index (Phi) is 6.94. The van der Waals surface area contributed by atoms with E-state index < -0.39 is 0 Å². The van der Waals surface area contributed by atoms with E-state index in [-0.39, 0.29) is 11.9 Å². The predicted octanol–water partition coefficient (Wildman–Crippen LogP) is 3.12. The average molecular weight is 401 g/mol. The molecule has 0 spiro atoms. The van der Waals surface area contributed by atoms with Gasteiger partial charge in [0.2, 0.25) is 0 Å². The first kappa shape index (κ1) is 20.6. The second-order valence-electron chi connectivity index (χ2n) is 7.53. The molecule has 1 heterocycles. The molecule has 0 unspecified atom stereocenters. The highest BCUT2D eigenvalue weighted by Crippen LogP contribution is 2.24. The number of nitrogens with zero attached hydrogens (tertiary/aromatic N) is 3. The summed E-state index contributed by atoms with van der Waals surface area (Å²) in [6, 6.07) is 15.9. The van der Waals surface area contributed by atoms with Gasteiger partial charge in [0.05, 0.1) is 16.6 Å². The van der Waals surface area contributed by atoms with Crippen LogP contribution in [-0.2, 0) is 0 Å². The Labute approximate surface area is 172 Å². The van der Waals surface area contributed by atoms with E-state index in [1.807, 2.05) is 26.2 Å². The fraction of sp³-hybridized carbons (Fsp3) is 0.409. The molecule has 1 saturated heterocycles. The zero-order valence-corrected chi connectivity index (χ0v) is 17.6. The Bertz CT molecular complexity index is 785. The molecular weight excluding hydrogens is 372 g/mol. The van der Waals surface area contributed by atoms with E-state index in [4.69, 9.17) is 11.6 Å². The predicted molar refractivity (Wildman–Crippen MR) is 116 cm³/mol. The molecule has 0 bridgehead atoms. The van der Waals surface area contributed by atoms with Gasteiger partial charge in [-0.1, -0.05) is 35.9 Å². The number of hydrogen-bond acceptors (Lipinski definition) is 4. The third-order valence-corrected chi connectivity index (χ3v) is 5.68. The van der Waals surface area contributed by atoms with E-state index in [1.54, 1.807) is 12.1 Å². The van der Waals surface area contributed by atoms with Crippen LogP contribution in [0.1, 0.15) is 22.0 Å². The summed E-state index contributed by atoms with van der Waals surface area (Å²) in [6.07, 6.45) is 0. The van der Waals surface area contributed by atoms with Crippen molar-refractivity contribution in [3.63, 3.8) is 0 Å². The highest BCUT2D eigenvalue weighted by Gasteiger charge is 2.25. The van der Waals surface area contributed by atoms with Gasteiger partial charge in [0.1, 0.15) is 0 Å². The van der Waals surface area contributed by atoms with Crippen molar-refractivity contribution in [2.75, 3.05) is 58.8 Å². The van der Waals surface area contributed by atoms with Gasteiger partial charge in [0, 0.05) is 52.5 Å². The highest BCUT2D eigenvalue weighted by molar-refractivity contribution is 6.33. The van der Waals surface area contributed by atoms with Crippen LogP contribution in [0.25, 0.3) is 0 Å². The Balaban J connectivity index is 1.76. The van der Waals surface area contributed by atoms with Gasteiger partial charge in [-0.05, 0) is 36.9 Å². The maximum atomic E-state index is 12.7. The number of likely N-dealkylation sites (N-methyl/N-ethyl adjacent to an activating group) is 1. The van der Waals surface area contributed by atoms with Crippen molar-refractivity contribution in [1.82, 2.24) is 15.1 Å². The molecule has 1 N–H and O–H groups in total. The van der Waals surface area contributed by atoms with Crippen molar-refractivity contribution in [3.8, 4) is 0 Å². The van der Waals surface area contributed by atoms with Crippen molar-refractivity contribution in [1.29, 1.82) is 0 Å². The topological polar surface area (TPSA) is 38.8 Å². The summed E-state index contributed by atoms with van der Waals surface area (Å²) in [6.45, 7) is 4.59. The number of benzene rings is 2. The van der Waals surface area contributed by atoms with E-state index in [0.29, 0.717) is 17.1 Å². The van der Waals surface area contributed by atoms with E-state index in [1.165, 1.54) is 11.3 Å². The Morgan fingerprint density at radius 2 is 1.71 bits per heavy atom. The molecule has 1 aliphatic rings. The largest absolute Gasteiger partial charge is 0.378 e. The maximum Gasteiger partial charge on any atom is 0.252 e. The molecule has 2 aromatic carbocycles. The molecular formula is C22H29ClN4O. The molecule has 2 aromatic rings. The van der Waals surface area contributed by atoms with Crippen LogP contribution in [0.4, 0.5) is 5.69 Å². The van der Waals surface area contributed by atoms with Crippen molar-refractivity contribution >= 4 is 23.2 Å². The zero-order chi connectivity index (χ0) is 20.1. The van der Waals surface area contributed by atoms with Crippen LogP contribution in [-0.4, -0.2) is 69.6 Å². The van der Waals surface area contributed by atoms with E-state index in [2.05, 4.69) is 51.3 Å². The lowest BCUT2D eigenvalue weighted by molar-refractivity contribution is 0.0886. The van der Waals surface area contributed by atoms with E-state index >= 15 is 0 Å². The van der Waals surface area contributed by atoms with Crippen molar-refractivity contribution < 1.29 is 4.79 Å². The molecule has 0 saturated carbocycles. The average Bonchev–Trinajstić information content (AvgIpc) is 2.70. The number of amides is 1. The van der Waals surface area contributed by atoms with Crippen LogP contribution in [0.3, 0.4) is 0 Å². The summed E-state index contributed by atoms with van der Waals surface area (Å²) in [5.41, 5.74) is 2.90. The van der Waals surface area contributed by atoms with Crippen LogP contribution >= 0.6 is 11.6 Å². The summed E-state index contributed by atoms with van der Waals surface area (Å²) in [5, 5.41) is 3.57. The van der Waals surface area contributed by atoms with Crippen LogP contribution in [0.2, 0.25) is 5.02 Å². The van der Waals surface area contributed by atoms with Crippen LogP contribution in [0.15, 0.2) is 48.5 Å². The number of nitrogens with one attached hydrogen (secondary N) is 1. The Morgan fingerprint density at radius 3 is 2.32 bits per heavy atom. The van der Waals surface area contributed by atoms with Gasteiger partial charge >= 0.3 is 0 Å². The summed E-state index contributed by atoms with van der Waals surface area (Å²) in [7, 11) is 6.23. The lowest BCUT2D eigenvalue weighted by atomic mass is 10.0. The summed E-state index contributed by atoms with van der Waals surface area (Å²) < 4.78 is 0. The molecule has 150 valence electrons.